The number of benzene rings is 1. The zero-order valence-electron chi connectivity index (χ0n) is 9.16. The number of nitrogens with zero attached hydrogens (tertiary/aromatic N) is 1. The van der Waals surface area contributed by atoms with Crippen LogP contribution in [0.15, 0.2) is 24.3 Å². The molecule has 0 spiro atoms. The summed E-state index contributed by atoms with van der Waals surface area (Å²) < 4.78 is 0. The smallest absolute Gasteiger partial charge is 0.00473 e. The monoisotopic (exact) mass is 189 g/mol. The fraction of sp³-hybridized carbons (Fsp3) is 0.538. The molecule has 0 heterocycles. The Kier molecular flexibility index (Phi) is 2.87. The Hall–Kier alpha value is -0.820. The van der Waals surface area contributed by atoms with Gasteiger partial charge in [0.05, 0.1) is 0 Å². The molecule has 0 amide bonds. The van der Waals surface area contributed by atoms with Gasteiger partial charge < -0.3 is 4.90 Å². The standard InChI is InChI=1S/C13H19N/c1-3-14(2)10-12-9-8-11-6-4-5-7-13(11)12/h4-7,12H,3,8-10H2,1-2H3/t12-/m1/s1. The lowest BCUT2D eigenvalue weighted by Gasteiger charge is -2.19. The molecule has 1 nitrogen and oxygen atoms in total. The van der Waals surface area contributed by atoms with Crippen molar-refractivity contribution in [3.8, 4) is 0 Å². The van der Waals surface area contributed by atoms with Crippen molar-refractivity contribution in [2.75, 3.05) is 20.1 Å². The highest BCUT2D eigenvalue weighted by Crippen LogP contribution is 2.32. The molecule has 0 aliphatic heterocycles. The van der Waals surface area contributed by atoms with Crippen LogP contribution in [0.3, 0.4) is 0 Å². The Bertz CT molecular complexity index is 306. The van der Waals surface area contributed by atoms with E-state index in [1.807, 2.05) is 0 Å². The van der Waals surface area contributed by atoms with Crippen LogP contribution in [0, 0.1) is 0 Å². The van der Waals surface area contributed by atoms with E-state index >= 15 is 0 Å². The minimum absolute atomic E-state index is 0.774. The van der Waals surface area contributed by atoms with Gasteiger partial charge in [0.15, 0.2) is 0 Å². The molecule has 1 heteroatoms. The molecule has 0 N–H and O–H groups in total. The van der Waals surface area contributed by atoms with E-state index < -0.39 is 0 Å². The molecule has 0 unspecified atom stereocenters. The molecule has 76 valence electrons. The minimum Gasteiger partial charge on any atom is -0.306 e. The maximum absolute atomic E-state index is 2.41. The van der Waals surface area contributed by atoms with Crippen molar-refractivity contribution in [3.63, 3.8) is 0 Å². The lowest BCUT2D eigenvalue weighted by Crippen LogP contribution is -2.23. The Morgan fingerprint density at radius 2 is 2.14 bits per heavy atom. The summed E-state index contributed by atoms with van der Waals surface area (Å²) in [6, 6.07) is 8.91. The van der Waals surface area contributed by atoms with E-state index in [2.05, 4.69) is 43.1 Å². The normalized spacial score (nSPS) is 20.1. The first-order chi connectivity index (χ1) is 6.81. The summed E-state index contributed by atoms with van der Waals surface area (Å²) >= 11 is 0. The molecule has 0 radical (unpaired) electrons. The molecule has 1 aromatic rings. The topological polar surface area (TPSA) is 3.24 Å². The summed E-state index contributed by atoms with van der Waals surface area (Å²) in [5.41, 5.74) is 3.16. The van der Waals surface area contributed by atoms with Crippen LogP contribution in [-0.4, -0.2) is 25.0 Å². The van der Waals surface area contributed by atoms with Gasteiger partial charge in [-0.2, -0.15) is 0 Å². The predicted octanol–water partition coefficient (Wildman–Crippen LogP) is 2.67. The van der Waals surface area contributed by atoms with E-state index in [1.54, 1.807) is 11.1 Å². The van der Waals surface area contributed by atoms with Gasteiger partial charge in [0.25, 0.3) is 0 Å². The van der Waals surface area contributed by atoms with Crippen LogP contribution >= 0.6 is 0 Å². The summed E-state index contributed by atoms with van der Waals surface area (Å²) in [7, 11) is 2.21. The zero-order valence-corrected chi connectivity index (χ0v) is 9.16. The molecule has 0 saturated heterocycles. The molecule has 0 saturated carbocycles. The SMILES string of the molecule is CCN(C)C[C@H]1CCc2ccccc21. The van der Waals surface area contributed by atoms with E-state index in [1.165, 1.54) is 19.4 Å². The molecule has 1 aliphatic carbocycles. The first-order valence-electron chi connectivity index (χ1n) is 5.57. The maximum atomic E-state index is 2.41. The molecule has 0 aromatic heterocycles. The predicted molar refractivity (Wildman–Crippen MR) is 60.7 cm³/mol. The van der Waals surface area contributed by atoms with Crippen LogP contribution in [0.5, 0.6) is 0 Å². The first kappa shape index (κ1) is 9.72. The molecule has 1 aromatic carbocycles. The second-order valence-electron chi connectivity index (χ2n) is 4.29. The molecule has 14 heavy (non-hydrogen) atoms. The van der Waals surface area contributed by atoms with Crippen LogP contribution < -0.4 is 0 Å². The van der Waals surface area contributed by atoms with Gasteiger partial charge in [-0.15, -0.1) is 0 Å². The second kappa shape index (κ2) is 4.14. The van der Waals surface area contributed by atoms with Crippen LogP contribution in [0.25, 0.3) is 0 Å². The molecule has 1 aliphatic rings. The van der Waals surface area contributed by atoms with Gasteiger partial charge in [-0.3, -0.25) is 0 Å². The zero-order chi connectivity index (χ0) is 9.97. The summed E-state index contributed by atoms with van der Waals surface area (Å²) in [6.45, 7) is 4.59. The van der Waals surface area contributed by atoms with Gasteiger partial charge in [-0.1, -0.05) is 31.2 Å². The Morgan fingerprint density at radius 3 is 2.93 bits per heavy atom. The van der Waals surface area contributed by atoms with Gasteiger partial charge in [-0.05, 0) is 43.5 Å². The minimum atomic E-state index is 0.774. The van der Waals surface area contributed by atoms with E-state index in [0.717, 1.165) is 12.5 Å². The Balaban J connectivity index is 2.10. The second-order valence-corrected chi connectivity index (χ2v) is 4.29. The van der Waals surface area contributed by atoms with Gasteiger partial charge in [-0.25, -0.2) is 0 Å². The third kappa shape index (κ3) is 1.83. The third-order valence-corrected chi connectivity index (χ3v) is 3.33. The quantitative estimate of drug-likeness (QED) is 0.706. The van der Waals surface area contributed by atoms with Crippen molar-refractivity contribution in [1.29, 1.82) is 0 Å². The molecule has 2 rings (SSSR count). The van der Waals surface area contributed by atoms with Crippen molar-refractivity contribution in [1.82, 2.24) is 4.90 Å². The van der Waals surface area contributed by atoms with Crippen LogP contribution in [0.2, 0.25) is 0 Å². The maximum Gasteiger partial charge on any atom is 0.00473 e. The number of hydrogen-bond acceptors (Lipinski definition) is 1. The lowest BCUT2D eigenvalue weighted by atomic mass is 10.0. The van der Waals surface area contributed by atoms with E-state index in [0.29, 0.717) is 0 Å². The lowest BCUT2D eigenvalue weighted by molar-refractivity contribution is 0.325. The fourth-order valence-electron chi connectivity index (χ4n) is 2.34. The molecular formula is C13H19N. The largest absolute Gasteiger partial charge is 0.306 e. The highest BCUT2D eigenvalue weighted by molar-refractivity contribution is 5.34. The first-order valence-corrected chi connectivity index (χ1v) is 5.57. The van der Waals surface area contributed by atoms with Gasteiger partial charge >= 0.3 is 0 Å². The van der Waals surface area contributed by atoms with E-state index in [-0.39, 0.29) is 0 Å². The number of hydrogen-bond donors (Lipinski definition) is 0. The van der Waals surface area contributed by atoms with Crippen LogP contribution in [0.4, 0.5) is 0 Å². The van der Waals surface area contributed by atoms with Gasteiger partial charge in [0.2, 0.25) is 0 Å². The van der Waals surface area contributed by atoms with Crippen molar-refractivity contribution < 1.29 is 0 Å². The number of likely N-dealkylation sites (N-methyl/N-ethyl adjacent to an activating group) is 1. The van der Waals surface area contributed by atoms with Crippen LogP contribution in [0.1, 0.15) is 30.4 Å². The van der Waals surface area contributed by atoms with Gasteiger partial charge in [0.1, 0.15) is 0 Å². The Morgan fingerprint density at radius 1 is 1.36 bits per heavy atom. The average Bonchev–Trinajstić information content (AvgIpc) is 2.62. The molecule has 0 bridgehead atoms. The third-order valence-electron chi connectivity index (χ3n) is 3.33. The molecule has 0 fully saturated rings. The van der Waals surface area contributed by atoms with Crippen molar-refractivity contribution in [2.45, 2.75) is 25.7 Å². The number of fused-ring (bicyclic) bond motifs is 1. The molecular weight excluding hydrogens is 170 g/mol. The van der Waals surface area contributed by atoms with E-state index in [9.17, 15) is 0 Å². The number of aryl methyl sites for hydroxylation is 1. The summed E-state index contributed by atoms with van der Waals surface area (Å²) in [5, 5.41) is 0. The van der Waals surface area contributed by atoms with Crippen LogP contribution in [-0.2, 0) is 6.42 Å². The highest BCUT2D eigenvalue weighted by atomic mass is 15.1. The Labute approximate surface area is 86.7 Å². The summed E-state index contributed by atoms with van der Waals surface area (Å²) in [4.78, 5) is 2.41. The van der Waals surface area contributed by atoms with E-state index in [4.69, 9.17) is 0 Å². The van der Waals surface area contributed by atoms with Crippen molar-refractivity contribution >= 4 is 0 Å². The van der Waals surface area contributed by atoms with Crippen molar-refractivity contribution in [3.05, 3.63) is 35.4 Å². The summed E-state index contributed by atoms with van der Waals surface area (Å²) in [5.74, 6) is 0.774. The van der Waals surface area contributed by atoms with Gasteiger partial charge in [0, 0.05) is 6.54 Å². The fourth-order valence-corrected chi connectivity index (χ4v) is 2.34. The summed E-state index contributed by atoms with van der Waals surface area (Å²) in [6.07, 6.45) is 2.61. The number of rotatable bonds is 3. The highest BCUT2D eigenvalue weighted by Gasteiger charge is 2.22. The average molecular weight is 189 g/mol. The molecule has 1 atom stereocenters. The van der Waals surface area contributed by atoms with Crippen molar-refractivity contribution in [2.24, 2.45) is 0 Å².